The van der Waals surface area contributed by atoms with E-state index in [-0.39, 0.29) is 11.8 Å². The van der Waals surface area contributed by atoms with Crippen LogP contribution in [0.4, 0.5) is 11.4 Å². The number of anilines is 2. The van der Waals surface area contributed by atoms with Gasteiger partial charge in [-0.1, -0.05) is 31.0 Å². The maximum Gasteiger partial charge on any atom is 0.248 e. The third-order valence-corrected chi connectivity index (χ3v) is 4.54. The molecule has 0 saturated heterocycles. The van der Waals surface area contributed by atoms with Gasteiger partial charge in [0.1, 0.15) is 5.15 Å². The molecule has 1 aromatic carbocycles. The molecule has 1 aromatic heterocycles. The van der Waals surface area contributed by atoms with Gasteiger partial charge in [0.15, 0.2) is 0 Å². The molecule has 0 fully saturated rings. The topological polar surface area (TPSA) is 76.0 Å². The lowest BCUT2D eigenvalue weighted by Crippen LogP contribution is -2.12. The summed E-state index contributed by atoms with van der Waals surface area (Å²) >= 11 is 6.38. The molecule has 2 N–H and O–H groups in total. The minimum absolute atomic E-state index is 0.160. The van der Waals surface area contributed by atoms with Crippen molar-refractivity contribution in [2.45, 2.75) is 47.1 Å². The Kier molecular flexibility index (Phi) is 7.19. The molecule has 0 aliphatic rings. The minimum atomic E-state index is -0.283. The van der Waals surface area contributed by atoms with Gasteiger partial charge in [-0.05, 0) is 44.0 Å². The molecule has 0 spiro atoms. The van der Waals surface area contributed by atoms with E-state index in [2.05, 4.69) is 22.7 Å². The van der Waals surface area contributed by atoms with Crippen LogP contribution in [0.5, 0.6) is 0 Å². The lowest BCUT2D eigenvalue weighted by molar-refractivity contribution is -0.114. The average molecular weight is 389 g/mol. The highest BCUT2D eigenvalue weighted by Gasteiger charge is 2.11. The molecule has 0 unspecified atom stereocenters. The smallest absolute Gasteiger partial charge is 0.248 e. The van der Waals surface area contributed by atoms with Crippen molar-refractivity contribution in [2.24, 2.45) is 0 Å². The number of nitrogens with zero attached hydrogens (tertiary/aromatic N) is 2. The number of carbonyl (C=O) groups excluding carboxylic acids is 2. The first-order valence-corrected chi connectivity index (χ1v) is 9.30. The molecule has 1 heterocycles. The first-order chi connectivity index (χ1) is 12.8. The molecule has 0 atom stereocenters. The summed E-state index contributed by atoms with van der Waals surface area (Å²) in [7, 11) is 0. The zero-order valence-corrected chi connectivity index (χ0v) is 16.9. The lowest BCUT2D eigenvalue weighted by atomic mass is 10.1. The van der Waals surface area contributed by atoms with Crippen LogP contribution in [0.15, 0.2) is 24.3 Å². The second-order valence-electron chi connectivity index (χ2n) is 6.35. The number of unbranched alkanes of at least 4 members (excludes halogenated alkanes) is 1. The molecule has 2 amide bonds. The fourth-order valence-corrected chi connectivity index (χ4v) is 2.96. The molecule has 0 saturated carbocycles. The van der Waals surface area contributed by atoms with Gasteiger partial charge >= 0.3 is 0 Å². The average Bonchev–Trinajstić information content (AvgIpc) is 2.88. The van der Waals surface area contributed by atoms with E-state index < -0.39 is 0 Å². The van der Waals surface area contributed by atoms with Gasteiger partial charge in [-0.2, -0.15) is 5.10 Å². The number of amides is 2. The lowest BCUT2D eigenvalue weighted by Gasteiger charge is -2.11. The van der Waals surface area contributed by atoms with Gasteiger partial charge in [0.05, 0.1) is 5.69 Å². The van der Waals surface area contributed by atoms with Crippen molar-refractivity contribution in [1.29, 1.82) is 0 Å². The molecule has 0 radical (unpaired) electrons. The summed E-state index contributed by atoms with van der Waals surface area (Å²) in [5, 5.41) is 10.5. The number of rotatable bonds is 7. The maximum absolute atomic E-state index is 12.3. The van der Waals surface area contributed by atoms with Gasteiger partial charge in [-0.3, -0.25) is 14.3 Å². The molecule has 6 nitrogen and oxygen atoms in total. The highest BCUT2D eigenvalue weighted by molar-refractivity contribution is 6.31. The quantitative estimate of drug-likeness (QED) is 0.682. The Labute approximate surface area is 164 Å². The molecule has 7 heteroatoms. The molecule has 0 aliphatic heterocycles. The van der Waals surface area contributed by atoms with Gasteiger partial charge in [-0.25, -0.2) is 0 Å². The summed E-state index contributed by atoms with van der Waals surface area (Å²) in [5.74, 6) is -0.443. The Balaban J connectivity index is 2.12. The van der Waals surface area contributed by atoms with E-state index in [1.165, 1.54) is 13.0 Å². The van der Waals surface area contributed by atoms with E-state index in [1.54, 1.807) is 29.0 Å². The van der Waals surface area contributed by atoms with E-state index >= 15 is 0 Å². The van der Waals surface area contributed by atoms with Crippen molar-refractivity contribution in [1.82, 2.24) is 9.78 Å². The fraction of sp³-hybridized carbons (Fsp3) is 0.350. The van der Waals surface area contributed by atoms with Crippen LogP contribution in [0.1, 0.15) is 43.5 Å². The number of carbonyl (C=O) groups is 2. The molecule has 0 bridgehead atoms. The molecule has 144 valence electrons. The van der Waals surface area contributed by atoms with Crippen LogP contribution in [-0.4, -0.2) is 21.6 Å². The van der Waals surface area contributed by atoms with Crippen molar-refractivity contribution < 1.29 is 9.59 Å². The van der Waals surface area contributed by atoms with E-state index in [9.17, 15) is 9.59 Å². The van der Waals surface area contributed by atoms with E-state index in [0.717, 1.165) is 36.2 Å². The van der Waals surface area contributed by atoms with Crippen molar-refractivity contribution >= 4 is 40.9 Å². The summed E-state index contributed by atoms with van der Waals surface area (Å²) in [6.45, 7) is 8.01. The molecular formula is C20H25ClN4O2. The van der Waals surface area contributed by atoms with Gasteiger partial charge < -0.3 is 10.6 Å². The van der Waals surface area contributed by atoms with Gasteiger partial charge in [0, 0.05) is 36.5 Å². The van der Waals surface area contributed by atoms with Crippen LogP contribution in [0.25, 0.3) is 6.08 Å². The highest BCUT2D eigenvalue weighted by atomic mass is 35.5. The third kappa shape index (κ3) is 5.44. The van der Waals surface area contributed by atoms with Gasteiger partial charge in [0.2, 0.25) is 11.8 Å². The van der Waals surface area contributed by atoms with Gasteiger partial charge in [-0.15, -0.1) is 0 Å². The number of hydrogen-bond acceptors (Lipinski definition) is 3. The largest absolute Gasteiger partial charge is 0.326 e. The second-order valence-corrected chi connectivity index (χ2v) is 6.71. The SMILES string of the molecule is CCCCn1nc(C)c(/C=C\C(=O)Nc2cccc(NC(C)=O)c2C)c1Cl. The number of hydrogen-bond donors (Lipinski definition) is 2. The second kappa shape index (κ2) is 9.37. The van der Waals surface area contributed by atoms with Crippen LogP contribution in [0, 0.1) is 13.8 Å². The third-order valence-electron chi connectivity index (χ3n) is 4.14. The maximum atomic E-state index is 12.3. The monoisotopic (exact) mass is 388 g/mol. The van der Waals surface area contributed by atoms with Crippen LogP contribution in [0.3, 0.4) is 0 Å². The van der Waals surface area contributed by atoms with Crippen molar-refractivity contribution in [3.63, 3.8) is 0 Å². The Morgan fingerprint density at radius 3 is 2.52 bits per heavy atom. The molecule has 2 aromatic rings. The number of aromatic nitrogens is 2. The first kappa shape index (κ1) is 20.7. The summed E-state index contributed by atoms with van der Waals surface area (Å²) in [6, 6.07) is 5.35. The summed E-state index contributed by atoms with van der Waals surface area (Å²) in [4.78, 5) is 23.6. The molecular weight excluding hydrogens is 364 g/mol. The van der Waals surface area contributed by atoms with Gasteiger partial charge in [0.25, 0.3) is 0 Å². The van der Waals surface area contributed by atoms with Crippen molar-refractivity contribution in [2.75, 3.05) is 10.6 Å². The number of benzene rings is 1. The zero-order valence-electron chi connectivity index (χ0n) is 16.1. The Morgan fingerprint density at radius 2 is 1.89 bits per heavy atom. The van der Waals surface area contributed by atoms with E-state index in [1.807, 2.05) is 13.8 Å². The number of aryl methyl sites for hydroxylation is 2. The standard InChI is InChI=1S/C20H25ClN4O2/c1-5-6-12-25-20(21)16(14(3)24-25)10-11-19(27)23-18-9-7-8-17(13(18)2)22-15(4)26/h7-11H,5-6,12H2,1-4H3,(H,22,26)(H,23,27)/b11-10-. The fourth-order valence-electron chi connectivity index (χ4n) is 2.64. The molecule has 0 aliphatic carbocycles. The molecule has 27 heavy (non-hydrogen) atoms. The van der Waals surface area contributed by atoms with E-state index in [0.29, 0.717) is 16.5 Å². The Bertz CT molecular complexity index is 871. The predicted octanol–water partition coefficient (Wildman–Crippen LogP) is 4.56. The Hall–Kier alpha value is -2.60. The van der Waals surface area contributed by atoms with Crippen LogP contribution >= 0.6 is 11.6 Å². The first-order valence-electron chi connectivity index (χ1n) is 8.92. The van der Waals surface area contributed by atoms with Crippen molar-refractivity contribution in [3.8, 4) is 0 Å². The van der Waals surface area contributed by atoms with Crippen molar-refractivity contribution in [3.05, 3.63) is 46.2 Å². The molecule has 2 rings (SSSR count). The van der Waals surface area contributed by atoms with Crippen LogP contribution < -0.4 is 10.6 Å². The predicted molar refractivity (Wildman–Crippen MR) is 110 cm³/mol. The zero-order chi connectivity index (χ0) is 20.0. The van der Waals surface area contributed by atoms with Crippen LogP contribution in [-0.2, 0) is 16.1 Å². The number of nitrogens with one attached hydrogen (secondary N) is 2. The Morgan fingerprint density at radius 1 is 1.22 bits per heavy atom. The highest BCUT2D eigenvalue weighted by Crippen LogP contribution is 2.24. The van der Waals surface area contributed by atoms with E-state index in [4.69, 9.17) is 11.6 Å². The normalized spacial score (nSPS) is 11.0. The number of halogens is 1. The van der Waals surface area contributed by atoms with Crippen LogP contribution in [0.2, 0.25) is 5.15 Å². The summed E-state index contributed by atoms with van der Waals surface area (Å²) in [6.07, 6.45) is 5.16. The summed E-state index contributed by atoms with van der Waals surface area (Å²) < 4.78 is 1.76. The summed E-state index contributed by atoms with van der Waals surface area (Å²) in [5.41, 5.74) is 3.62. The minimum Gasteiger partial charge on any atom is -0.326 e.